The van der Waals surface area contributed by atoms with E-state index < -0.39 is 5.97 Å². The van der Waals surface area contributed by atoms with Gasteiger partial charge in [-0.05, 0) is 37.6 Å². The summed E-state index contributed by atoms with van der Waals surface area (Å²) in [6.07, 6.45) is 1.72. The Balaban J connectivity index is 0.00000338. The van der Waals surface area contributed by atoms with Crippen molar-refractivity contribution in [2.75, 3.05) is 38.0 Å². The zero-order valence-corrected chi connectivity index (χ0v) is 16.9. The lowest BCUT2D eigenvalue weighted by Gasteiger charge is -2.37. The normalized spacial score (nSPS) is 15.5. The standard InChI is InChI=1S/C17H23Cl2N3O3.ClH/c1-2-22(11-17(24)25)13-5-7-21(8-6-13)10-16(23)20-12-3-4-14(18)15(19)9-12;/h3-4,9,13H,2,5-8,10-11H2,1H3,(H,20,23)(H,24,25);1H. The molecule has 0 radical (unpaired) electrons. The monoisotopic (exact) mass is 423 g/mol. The lowest BCUT2D eigenvalue weighted by molar-refractivity contribution is -0.139. The number of nitrogens with zero attached hydrogens (tertiary/aromatic N) is 2. The maximum atomic E-state index is 12.2. The van der Waals surface area contributed by atoms with Crippen molar-refractivity contribution in [2.24, 2.45) is 0 Å². The maximum Gasteiger partial charge on any atom is 0.317 e. The van der Waals surface area contributed by atoms with Crippen molar-refractivity contribution in [2.45, 2.75) is 25.8 Å². The minimum absolute atomic E-state index is 0. The number of hydrogen-bond donors (Lipinski definition) is 2. The van der Waals surface area contributed by atoms with Crippen molar-refractivity contribution < 1.29 is 14.7 Å². The maximum absolute atomic E-state index is 12.2. The summed E-state index contributed by atoms with van der Waals surface area (Å²) < 4.78 is 0. The van der Waals surface area contributed by atoms with Crippen LogP contribution in [0.25, 0.3) is 0 Å². The average Bonchev–Trinajstić information content (AvgIpc) is 2.56. The van der Waals surface area contributed by atoms with E-state index in [1.54, 1.807) is 18.2 Å². The Morgan fingerprint density at radius 3 is 2.46 bits per heavy atom. The highest BCUT2D eigenvalue weighted by Crippen LogP contribution is 2.25. The summed E-state index contributed by atoms with van der Waals surface area (Å²) in [6.45, 7) is 4.61. The van der Waals surface area contributed by atoms with Gasteiger partial charge in [0.05, 0.1) is 23.1 Å². The van der Waals surface area contributed by atoms with Gasteiger partial charge in [0.1, 0.15) is 0 Å². The SMILES string of the molecule is CCN(CC(=O)O)C1CCN(CC(=O)Nc2ccc(Cl)c(Cl)c2)CC1.Cl. The minimum atomic E-state index is -0.801. The number of carboxylic acids is 1. The van der Waals surface area contributed by atoms with Crippen LogP contribution in [-0.2, 0) is 9.59 Å². The number of hydrogen-bond acceptors (Lipinski definition) is 4. The van der Waals surface area contributed by atoms with Gasteiger partial charge in [-0.2, -0.15) is 0 Å². The smallest absolute Gasteiger partial charge is 0.317 e. The first-order valence-corrected chi connectivity index (χ1v) is 9.07. The predicted molar refractivity (Wildman–Crippen MR) is 107 cm³/mol. The van der Waals surface area contributed by atoms with Crippen LogP contribution in [0.3, 0.4) is 0 Å². The molecule has 2 N–H and O–H groups in total. The molecule has 9 heteroatoms. The second-order valence-corrected chi connectivity index (χ2v) is 6.96. The molecular weight excluding hydrogens is 401 g/mol. The number of benzene rings is 1. The Morgan fingerprint density at radius 1 is 1.27 bits per heavy atom. The average molecular weight is 425 g/mol. The van der Waals surface area contributed by atoms with E-state index in [9.17, 15) is 9.59 Å². The molecule has 0 unspecified atom stereocenters. The van der Waals surface area contributed by atoms with Gasteiger partial charge >= 0.3 is 5.97 Å². The highest BCUT2D eigenvalue weighted by Gasteiger charge is 2.25. The van der Waals surface area contributed by atoms with E-state index in [1.165, 1.54) is 0 Å². The van der Waals surface area contributed by atoms with Crippen molar-refractivity contribution in [3.63, 3.8) is 0 Å². The summed E-state index contributed by atoms with van der Waals surface area (Å²) in [4.78, 5) is 27.2. The first kappa shape index (κ1) is 23.0. The fraction of sp³-hybridized carbons (Fsp3) is 0.529. The van der Waals surface area contributed by atoms with Gasteiger partial charge in [0.25, 0.3) is 0 Å². The van der Waals surface area contributed by atoms with Crippen LogP contribution < -0.4 is 5.32 Å². The van der Waals surface area contributed by atoms with Gasteiger partial charge in [-0.1, -0.05) is 30.1 Å². The Bertz CT molecular complexity index is 623. The predicted octanol–water partition coefficient (Wildman–Crippen LogP) is 3.22. The molecule has 6 nitrogen and oxygen atoms in total. The number of halogens is 3. The number of piperidine rings is 1. The third-order valence-electron chi connectivity index (χ3n) is 4.39. The van der Waals surface area contributed by atoms with Crippen LogP contribution in [0.2, 0.25) is 10.0 Å². The van der Waals surface area contributed by atoms with E-state index in [4.69, 9.17) is 28.3 Å². The van der Waals surface area contributed by atoms with Gasteiger partial charge in [-0.3, -0.25) is 19.4 Å². The molecule has 0 bridgehead atoms. The van der Waals surface area contributed by atoms with Gasteiger partial charge in [0.2, 0.25) is 5.91 Å². The molecule has 1 saturated heterocycles. The third kappa shape index (κ3) is 6.93. The number of carbonyl (C=O) groups excluding carboxylic acids is 1. The van der Waals surface area contributed by atoms with Crippen molar-refractivity contribution in [1.82, 2.24) is 9.80 Å². The topological polar surface area (TPSA) is 72.9 Å². The minimum Gasteiger partial charge on any atom is -0.480 e. The van der Waals surface area contributed by atoms with Crippen LogP contribution in [0, 0.1) is 0 Å². The summed E-state index contributed by atoms with van der Waals surface area (Å²) in [6, 6.07) is 5.24. The van der Waals surface area contributed by atoms with E-state index >= 15 is 0 Å². The molecule has 2 rings (SSSR count). The molecule has 1 aliphatic rings. The third-order valence-corrected chi connectivity index (χ3v) is 5.13. The van der Waals surface area contributed by atoms with Crippen LogP contribution in [-0.4, -0.2) is 65.5 Å². The highest BCUT2D eigenvalue weighted by atomic mass is 35.5. The second-order valence-electron chi connectivity index (χ2n) is 6.14. The molecule has 0 saturated carbocycles. The van der Waals surface area contributed by atoms with Crippen LogP contribution in [0.5, 0.6) is 0 Å². The van der Waals surface area contributed by atoms with E-state index in [1.807, 2.05) is 11.8 Å². The van der Waals surface area contributed by atoms with Gasteiger partial charge in [-0.15, -0.1) is 12.4 Å². The Morgan fingerprint density at radius 2 is 1.92 bits per heavy atom. The zero-order chi connectivity index (χ0) is 18.4. The molecule has 1 aromatic carbocycles. The molecule has 0 atom stereocenters. The van der Waals surface area contributed by atoms with Crippen molar-refractivity contribution in [3.8, 4) is 0 Å². The molecule has 1 heterocycles. The molecule has 146 valence electrons. The molecule has 1 aromatic rings. The van der Waals surface area contributed by atoms with Gasteiger partial charge in [0, 0.05) is 24.8 Å². The number of aliphatic carboxylic acids is 1. The van der Waals surface area contributed by atoms with Crippen molar-refractivity contribution >= 4 is 53.2 Å². The van der Waals surface area contributed by atoms with Crippen LogP contribution >= 0.6 is 35.6 Å². The number of carbonyl (C=O) groups is 2. The molecule has 0 spiro atoms. The molecule has 0 aliphatic carbocycles. The van der Waals surface area contributed by atoms with Crippen LogP contribution in [0.15, 0.2) is 18.2 Å². The molecule has 1 aliphatic heterocycles. The molecule has 1 fully saturated rings. The largest absolute Gasteiger partial charge is 0.480 e. The number of likely N-dealkylation sites (N-methyl/N-ethyl adjacent to an activating group) is 1. The Hall–Kier alpha value is -1.05. The number of likely N-dealkylation sites (tertiary alicyclic amines) is 1. The van der Waals surface area contributed by atoms with E-state index in [-0.39, 0.29) is 30.9 Å². The van der Waals surface area contributed by atoms with Crippen LogP contribution in [0.1, 0.15) is 19.8 Å². The van der Waals surface area contributed by atoms with E-state index in [2.05, 4.69) is 10.2 Å². The molecular formula is C17H24Cl3N3O3. The number of amides is 1. The first-order valence-electron chi connectivity index (χ1n) is 8.32. The van der Waals surface area contributed by atoms with Gasteiger partial charge < -0.3 is 10.4 Å². The fourth-order valence-corrected chi connectivity index (χ4v) is 3.39. The zero-order valence-electron chi connectivity index (χ0n) is 14.6. The van der Waals surface area contributed by atoms with Gasteiger partial charge in [-0.25, -0.2) is 0 Å². The molecule has 1 amide bonds. The van der Waals surface area contributed by atoms with Crippen LogP contribution in [0.4, 0.5) is 5.69 Å². The molecule has 0 aromatic heterocycles. The second kappa shape index (κ2) is 10.9. The lowest BCUT2D eigenvalue weighted by atomic mass is 10.0. The number of rotatable bonds is 7. The van der Waals surface area contributed by atoms with E-state index in [0.29, 0.717) is 22.3 Å². The fourth-order valence-electron chi connectivity index (χ4n) is 3.09. The Kier molecular flexibility index (Phi) is 9.68. The van der Waals surface area contributed by atoms with Gasteiger partial charge in [0.15, 0.2) is 0 Å². The summed E-state index contributed by atoms with van der Waals surface area (Å²) >= 11 is 11.8. The van der Waals surface area contributed by atoms with Crippen molar-refractivity contribution in [1.29, 1.82) is 0 Å². The molecule has 26 heavy (non-hydrogen) atoms. The highest BCUT2D eigenvalue weighted by molar-refractivity contribution is 6.42. The summed E-state index contributed by atoms with van der Waals surface area (Å²) in [5.41, 5.74) is 0.618. The summed E-state index contributed by atoms with van der Waals surface area (Å²) in [5, 5.41) is 12.6. The summed E-state index contributed by atoms with van der Waals surface area (Å²) in [7, 11) is 0. The summed E-state index contributed by atoms with van der Waals surface area (Å²) in [5.74, 6) is -0.903. The lowest BCUT2D eigenvalue weighted by Crippen LogP contribution is -2.48. The number of nitrogens with one attached hydrogen (secondary N) is 1. The van der Waals surface area contributed by atoms with E-state index in [0.717, 1.165) is 32.5 Å². The number of anilines is 1. The Labute approximate surface area is 169 Å². The number of carboxylic acid groups (broad SMARTS) is 1. The quantitative estimate of drug-likeness (QED) is 0.703. The van der Waals surface area contributed by atoms with Crippen molar-refractivity contribution in [3.05, 3.63) is 28.2 Å². The first-order chi connectivity index (χ1) is 11.9.